The topological polar surface area (TPSA) is 64.7 Å². The number of thiophene rings is 2. The molecule has 0 aliphatic carbocycles. The van der Waals surface area contributed by atoms with Gasteiger partial charge in [0.25, 0.3) is 0 Å². The standard InChI is InChI=1S/C40H22N4OS2/c1-3-12-23(13-4-1)37-42-38(24-14-5-2-6-15-24)44-39(43-37)34-33-27-17-8-10-21-31(27)46-32(33)22-29-35(34)41-40(45-29)28-19-11-18-26-25-16-7-9-20-30(25)47-36(26)28/h1-22H. The van der Waals surface area contributed by atoms with Gasteiger partial charge in [0.1, 0.15) is 5.52 Å². The smallest absolute Gasteiger partial charge is 0.228 e. The Kier molecular flexibility index (Phi) is 5.85. The fraction of sp³-hybridized carbons (Fsp3) is 0. The van der Waals surface area contributed by atoms with Crippen LogP contribution in [0.15, 0.2) is 138 Å². The van der Waals surface area contributed by atoms with E-state index in [1.54, 1.807) is 22.7 Å². The minimum Gasteiger partial charge on any atom is -0.436 e. The maximum absolute atomic E-state index is 6.69. The molecule has 0 spiro atoms. The summed E-state index contributed by atoms with van der Waals surface area (Å²) in [6.07, 6.45) is 0. The number of aromatic nitrogens is 4. The van der Waals surface area contributed by atoms with Gasteiger partial charge in [0.05, 0.1) is 11.1 Å². The number of oxazole rings is 1. The van der Waals surface area contributed by atoms with Crippen molar-refractivity contribution >= 4 is 74.1 Å². The van der Waals surface area contributed by atoms with Crippen LogP contribution in [0.3, 0.4) is 0 Å². The minimum absolute atomic E-state index is 0.566. The maximum Gasteiger partial charge on any atom is 0.228 e. The molecule has 0 aliphatic heterocycles. The van der Waals surface area contributed by atoms with E-state index in [9.17, 15) is 0 Å². The van der Waals surface area contributed by atoms with Gasteiger partial charge in [0.2, 0.25) is 5.89 Å². The largest absolute Gasteiger partial charge is 0.436 e. The first-order chi connectivity index (χ1) is 23.3. The Hall–Kier alpha value is -5.76. The van der Waals surface area contributed by atoms with E-state index in [4.69, 9.17) is 24.4 Å². The number of hydrogen-bond donors (Lipinski definition) is 0. The molecule has 0 N–H and O–H groups in total. The highest BCUT2D eigenvalue weighted by molar-refractivity contribution is 7.26. The molecule has 0 fully saturated rings. The van der Waals surface area contributed by atoms with Crippen LogP contribution < -0.4 is 0 Å². The fourth-order valence-electron chi connectivity index (χ4n) is 6.44. The Morgan fingerprint density at radius 3 is 1.79 bits per heavy atom. The summed E-state index contributed by atoms with van der Waals surface area (Å²) >= 11 is 3.51. The van der Waals surface area contributed by atoms with Gasteiger partial charge in [0.15, 0.2) is 23.1 Å². The first kappa shape index (κ1) is 26.5. The number of nitrogens with zero attached hydrogens (tertiary/aromatic N) is 4. The van der Waals surface area contributed by atoms with Crippen molar-refractivity contribution in [3.8, 4) is 45.6 Å². The molecule has 4 heterocycles. The van der Waals surface area contributed by atoms with E-state index in [1.807, 2.05) is 60.7 Å². The molecular formula is C40H22N4OS2. The molecule has 0 unspecified atom stereocenters. The quantitative estimate of drug-likeness (QED) is 0.192. The highest BCUT2D eigenvalue weighted by Gasteiger charge is 2.24. The summed E-state index contributed by atoms with van der Waals surface area (Å²) in [5, 5.41) is 4.66. The fourth-order valence-corrected chi connectivity index (χ4v) is 8.79. The van der Waals surface area contributed by atoms with E-state index in [-0.39, 0.29) is 0 Å². The zero-order valence-corrected chi connectivity index (χ0v) is 26.3. The van der Waals surface area contributed by atoms with E-state index >= 15 is 0 Å². The van der Waals surface area contributed by atoms with Crippen LogP contribution in [0, 0.1) is 0 Å². The van der Waals surface area contributed by atoms with Crippen LogP contribution in [0.4, 0.5) is 0 Å². The van der Waals surface area contributed by atoms with Crippen molar-refractivity contribution in [1.82, 2.24) is 19.9 Å². The summed E-state index contributed by atoms with van der Waals surface area (Å²) in [6, 6.07) is 45.6. The summed E-state index contributed by atoms with van der Waals surface area (Å²) in [5.41, 5.74) is 5.11. The summed E-state index contributed by atoms with van der Waals surface area (Å²) in [4.78, 5) is 20.5. The van der Waals surface area contributed by atoms with Gasteiger partial charge in [-0.05, 0) is 18.2 Å². The number of benzene rings is 6. The Bertz CT molecular complexity index is 2740. The first-order valence-corrected chi connectivity index (χ1v) is 16.9. The van der Waals surface area contributed by atoms with E-state index < -0.39 is 0 Å². The predicted octanol–water partition coefficient (Wildman–Crippen LogP) is 11.4. The van der Waals surface area contributed by atoms with Crippen molar-refractivity contribution in [2.24, 2.45) is 0 Å². The summed E-state index contributed by atoms with van der Waals surface area (Å²) in [6.45, 7) is 0. The molecule has 47 heavy (non-hydrogen) atoms. The second-order valence-corrected chi connectivity index (χ2v) is 13.5. The predicted molar refractivity (Wildman–Crippen MR) is 195 cm³/mol. The lowest BCUT2D eigenvalue weighted by Crippen LogP contribution is -2.01. The lowest BCUT2D eigenvalue weighted by Gasteiger charge is -2.10. The van der Waals surface area contributed by atoms with Gasteiger partial charge in [-0.2, -0.15) is 0 Å². The van der Waals surface area contributed by atoms with Crippen molar-refractivity contribution in [1.29, 1.82) is 0 Å². The Morgan fingerprint density at radius 1 is 0.468 bits per heavy atom. The highest BCUT2D eigenvalue weighted by Crippen LogP contribution is 2.46. The van der Waals surface area contributed by atoms with Crippen molar-refractivity contribution in [2.75, 3.05) is 0 Å². The van der Waals surface area contributed by atoms with Crippen molar-refractivity contribution < 1.29 is 4.42 Å². The molecule has 0 radical (unpaired) electrons. The summed E-state index contributed by atoms with van der Waals surface area (Å²) in [5.74, 6) is 2.37. The SMILES string of the molecule is c1ccc(-c2nc(-c3ccccc3)nc(-c3c4nc(-c5cccc6c5sc5ccccc56)oc4cc4sc5ccccc5c34)n2)cc1. The van der Waals surface area contributed by atoms with E-state index in [1.165, 1.54) is 20.2 Å². The molecule has 10 rings (SSSR count). The van der Waals surface area contributed by atoms with Gasteiger partial charge in [-0.1, -0.05) is 109 Å². The molecule has 0 aliphatic rings. The van der Waals surface area contributed by atoms with Crippen molar-refractivity contribution in [3.05, 3.63) is 133 Å². The van der Waals surface area contributed by atoms with Crippen LogP contribution in [-0.4, -0.2) is 19.9 Å². The van der Waals surface area contributed by atoms with Crippen LogP contribution in [0.2, 0.25) is 0 Å². The molecule has 5 nitrogen and oxygen atoms in total. The number of fused-ring (bicyclic) bond motifs is 7. The summed E-state index contributed by atoms with van der Waals surface area (Å²) in [7, 11) is 0. The zero-order chi connectivity index (χ0) is 30.9. The van der Waals surface area contributed by atoms with Crippen LogP contribution in [0.1, 0.15) is 0 Å². The minimum atomic E-state index is 0.566. The van der Waals surface area contributed by atoms with Crippen LogP contribution in [-0.2, 0) is 0 Å². The zero-order valence-electron chi connectivity index (χ0n) is 24.7. The molecule has 0 saturated heterocycles. The summed E-state index contributed by atoms with van der Waals surface area (Å²) < 4.78 is 11.4. The average Bonchev–Trinajstić information content (AvgIpc) is 3.84. The second-order valence-electron chi connectivity index (χ2n) is 11.4. The van der Waals surface area contributed by atoms with E-state index in [2.05, 4.69) is 72.8 Å². The molecule has 4 aromatic heterocycles. The monoisotopic (exact) mass is 638 g/mol. The second kappa shape index (κ2) is 10.4. The molecule has 220 valence electrons. The third kappa shape index (κ3) is 4.21. The molecule has 6 aromatic carbocycles. The number of hydrogen-bond acceptors (Lipinski definition) is 7. The van der Waals surface area contributed by atoms with Crippen LogP contribution in [0.5, 0.6) is 0 Å². The van der Waals surface area contributed by atoms with Gasteiger partial charge in [-0.3, -0.25) is 0 Å². The van der Waals surface area contributed by atoms with Crippen LogP contribution in [0.25, 0.3) is 97.1 Å². The van der Waals surface area contributed by atoms with Gasteiger partial charge in [-0.15, -0.1) is 22.7 Å². The van der Waals surface area contributed by atoms with E-state index in [0.29, 0.717) is 28.9 Å². The lowest BCUT2D eigenvalue weighted by atomic mass is 10.0. The maximum atomic E-state index is 6.69. The third-order valence-corrected chi connectivity index (χ3v) is 10.9. The van der Waals surface area contributed by atoms with Crippen molar-refractivity contribution in [3.63, 3.8) is 0 Å². The average molecular weight is 639 g/mol. The van der Waals surface area contributed by atoms with Gasteiger partial charge >= 0.3 is 0 Å². The molecule has 0 amide bonds. The highest BCUT2D eigenvalue weighted by atomic mass is 32.1. The number of rotatable bonds is 4. The van der Waals surface area contributed by atoms with Gasteiger partial charge in [-0.25, -0.2) is 19.9 Å². The Balaban J connectivity index is 1.30. The molecule has 0 bridgehead atoms. The Morgan fingerprint density at radius 2 is 1.06 bits per heavy atom. The van der Waals surface area contributed by atoms with Crippen LogP contribution >= 0.6 is 22.7 Å². The first-order valence-electron chi connectivity index (χ1n) is 15.3. The lowest BCUT2D eigenvalue weighted by molar-refractivity contribution is 0.621. The molecule has 0 saturated carbocycles. The third-order valence-electron chi connectivity index (χ3n) is 8.58. The molecule has 7 heteroatoms. The molecule has 0 atom stereocenters. The van der Waals surface area contributed by atoms with Gasteiger partial charge < -0.3 is 4.42 Å². The van der Waals surface area contributed by atoms with Crippen molar-refractivity contribution in [2.45, 2.75) is 0 Å². The molecular weight excluding hydrogens is 617 g/mol. The Labute approximate surface area is 276 Å². The van der Waals surface area contributed by atoms with Gasteiger partial charge in [0, 0.05) is 57.5 Å². The molecule has 10 aromatic rings. The van der Waals surface area contributed by atoms with E-state index in [0.717, 1.165) is 47.9 Å². The normalized spacial score (nSPS) is 11.8.